The maximum atomic E-state index is 10.6. The molecule has 0 aromatic heterocycles. The van der Waals surface area contributed by atoms with E-state index in [1.807, 2.05) is 0 Å². The Labute approximate surface area is 78.3 Å². The lowest BCUT2D eigenvalue weighted by molar-refractivity contribution is -0.192. The molecule has 0 aromatic carbocycles. The number of carboxylic acids is 1. The monoisotopic (exact) mass is 238 g/mol. The van der Waals surface area contributed by atoms with E-state index in [0.29, 0.717) is 0 Å². The third kappa shape index (κ3) is 9.26. The van der Waals surface area contributed by atoms with Crippen molar-refractivity contribution >= 4 is 16.1 Å². The van der Waals surface area contributed by atoms with Crippen molar-refractivity contribution < 1.29 is 36.0 Å². The molecule has 9 heteroatoms. The van der Waals surface area contributed by atoms with E-state index >= 15 is 0 Å². The smallest absolute Gasteiger partial charge is 0.475 e. The summed E-state index contributed by atoms with van der Waals surface area (Å²) in [5.74, 6) is -2.76. The predicted octanol–water partition coefficient (Wildman–Crippen LogP) is 0.916. The molecule has 0 rings (SSSR count). The number of carboxylic acid groups (broad SMARTS) is 1. The van der Waals surface area contributed by atoms with Crippen LogP contribution in [0.1, 0.15) is 13.8 Å². The van der Waals surface area contributed by atoms with E-state index in [9.17, 15) is 21.6 Å². The lowest BCUT2D eigenvalue weighted by atomic mass is 10.6. The minimum Gasteiger partial charge on any atom is -0.475 e. The van der Waals surface area contributed by atoms with Crippen LogP contribution in [0.25, 0.3) is 0 Å². The SMILES string of the molecule is CC(C)S(=O)(=O)O.O=C(O)C(F)(F)F. The number of hydrogen-bond donors (Lipinski definition) is 2. The van der Waals surface area contributed by atoms with E-state index in [2.05, 4.69) is 0 Å². The number of rotatable bonds is 1. The van der Waals surface area contributed by atoms with Gasteiger partial charge < -0.3 is 5.11 Å². The molecular weight excluding hydrogens is 229 g/mol. The zero-order valence-corrected chi connectivity index (χ0v) is 8.06. The fourth-order valence-corrected chi connectivity index (χ4v) is 0. The second-order valence-corrected chi connectivity index (χ2v) is 4.34. The highest BCUT2D eigenvalue weighted by molar-refractivity contribution is 7.86. The molecule has 0 aliphatic heterocycles. The summed E-state index contributed by atoms with van der Waals surface area (Å²) in [6.45, 7) is 2.82. The van der Waals surface area contributed by atoms with E-state index in [0.717, 1.165) is 0 Å². The van der Waals surface area contributed by atoms with Crippen LogP contribution in [0.15, 0.2) is 0 Å². The third-order valence-corrected chi connectivity index (χ3v) is 2.03. The van der Waals surface area contributed by atoms with Gasteiger partial charge in [0.2, 0.25) is 0 Å². The molecule has 0 amide bonds. The minimum absolute atomic E-state index is 0.674. The number of hydrogen-bond acceptors (Lipinski definition) is 3. The fourth-order valence-electron chi connectivity index (χ4n) is 0. The zero-order chi connectivity index (χ0) is 12.2. The minimum atomic E-state index is -5.08. The largest absolute Gasteiger partial charge is 0.490 e. The highest BCUT2D eigenvalue weighted by Crippen LogP contribution is 2.13. The average molecular weight is 238 g/mol. The summed E-state index contributed by atoms with van der Waals surface area (Å²) < 4.78 is 59.6. The van der Waals surface area contributed by atoms with Crippen LogP contribution < -0.4 is 0 Å². The van der Waals surface area contributed by atoms with Gasteiger partial charge in [0.25, 0.3) is 10.1 Å². The van der Waals surface area contributed by atoms with Gasteiger partial charge in [-0.15, -0.1) is 0 Å². The topological polar surface area (TPSA) is 91.7 Å². The van der Waals surface area contributed by atoms with Gasteiger partial charge in [-0.2, -0.15) is 21.6 Å². The first-order chi connectivity index (χ1) is 5.89. The van der Waals surface area contributed by atoms with Gasteiger partial charge in [0, 0.05) is 0 Å². The van der Waals surface area contributed by atoms with Gasteiger partial charge in [0.1, 0.15) is 0 Å². The van der Waals surface area contributed by atoms with Crippen LogP contribution in [0, 0.1) is 0 Å². The van der Waals surface area contributed by atoms with Crippen molar-refractivity contribution in [1.82, 2.24) is 0 Å². The quantitative estimate of drug-likeness (QED) is 0.662. The van der Waals surface area contributed by atoms with Crippen LogP contribution in [0.5, 0.6) is 0 Å². The van der Waals surface area contributed by atoms with E-state index in [-0.39, 0.29) is 0 Å². The van der Waals surface area contributed by atoms with Gasteiger partial charge in [-0.05, 0) is 13.8 Å². The molecule has 0 saturated carbocycles. The number of alkyl halides is 3. The Bertz CT molecular complexity index is 278. The highest BCUT2D eigenvalue weighted by Gasteiger charge is 2.38. The first-order valence-electron chi connectivity index (χ1n) is 3.15. The molecule has 0 aliphatic rings. The summed E-state index contributed by atoms with van der Waals surface area (Å²) in [6.07, 6.45) is -5.08. The molecule has 0 atom stereocenters. The first kappa shape index (κ1) is 15.6. The average Bonchev–Trinajstić information content (AvgIpc) is 1.83. The second-order valence-electron chi connectivity index (χ2n) is 2.37. The van der Waals surface area contributed by atoms with E-state index in [1.165, 1.54) is 13.8 Å². The Morgan fingerprint density at radius 3 is 1.43 bits per heavy atom. The molecule has 0 bridgehead atoms. The Morgan fingerprint density at radius 1 is 1.29 bits per heavy atom. The molecule has 2 N–H and O–H groups in total. The Kier molecular flexibility index (Phi) is 5.75. The summed E-state index contributed by atoms with van der Waals surface area (Å²) in [4.78, 5) is 8.90. The lowest BCUT2D eigenvalue weighted by Gasteiger charge is -1.94. The molecule has 0 fully saturated rings. The van der Waals surface area contributed by atoms with Crippen LogP contribution >= 0.6 is 0 Å². The molecule has 0 aromatic rings. The standard InChI is InChI=1S/C3H8O3S.C2HF3O2/c1-3(2)7(4,5)6;3-2(4,5)1(6)7/h3H,1-2H3,(H,4,5,6);(H,6,7). The third-order valence-electron chi connectivity index (χ3n) is 0.838. The fraction of sp³-hybridized carbons (Fsp3) is 0.800. The van der Waals surface area contributed by atoms with Gasteiger partial charge in [-0.3, -0.25) is 4.55 Å². The normalized spacial score (nSPS) is 11.9. The van der Waals surface area contributed by atoms with Gasteiger partial charge in [0.05, 0.1) is 5.25 Å². The zero-order valence-electron chi connectivity index (χ0n) is 7.24. The van der Waals surface area contributed by atoms with E-state index < -0.39 is 27.5 Å². The van der Waals surface area contributed by atoms with Crippen molar-refractivity contribution in [3.63, 3.8) is 0 Å². The lowest BCUT2D eigenvalue weighted by Crippen LogP contribution is -2.21. The molecule has 5 nitrogen and oxygen atoms in total. The summed E-state index contributed by atoms with van der Waals surface area (Å²) in [5.41, 5.74) is 0. The van der Waals surface area contributed by atoms with Crippen LogP contribution in [0.2, 0.25) is 0 Å². The summed E-state index contributed by atoms with van der Waals surface area (Å²) in [7, 11) is -3.74. The molecule has 0 unspecified atom stereocenters. The number of halogens is 3. The molecule has 14 heavy (non-hydrogen) atoms. The molecular formula is C5H9F3O5S. The van der Waals surface area contributed by atoms with Crippen LogP contribution in [-0.2, 0) is 14.9 Å². The van der Waals surface area contributed by atoms with Crippen molar-refractivity contribution in [3.05, 3.63) is 0 Å². The van der Waals surface area contributed by atoms with E-state index in [4.69, 9.17) is 14.5 Å². The van der Waals surface area contributed by atoms with Crippen molar-refractivity contribution in [3.8, 4) is 0 Å². The number of carbonyl (C=O) groups is 1. The van der Waals surface area contributed by atoms with Crippen molar-refractivity contribution in [2.24, 2.45) is 0 Å². The Morgan fingerprint density at radius 2 is 1.43 bits per heavy atom. The number of aliphatic carboxylic acids is 1. The van der Waals surface area contributed by atoms with Crippen LogP contribution in [0.4, 0.5) is 13.2 Å². The van der Waals surface area contributed by atoms with Crippen molar-refractivity contribution in [2.75, 3.05) is 0 Å². The molecule has 0 spiro atoms. The van der Waals surface area contributed by atoms with Crippen LogP contribution in [-0.4, -0.2) is 35.5 Å². The van der Waals surface area contributed by atoms with Gasteiger partial charge in [-0.1, -0.05) is 0 Å². The summed E-state index contributed by atoms with van der Waals surface area (Å²) in [6, 6.07) is 0. The summed E-state index contributed by atoms with van der Waals surface area (Å²) in [5, 5.41) is 6.45. The maximum Gasteiger partial charge on any atom is 0.490 e. The summed E-state index contributed by atoms with van der Waals surface area (Å²) >= 11 is 0. The van der Waals surface area contributed by atoms with Gasteiger partial charge in [-0.25, -0.2) is 4.79 Å². The Balaban J connectivity index is 0. The van der Waals surface area contributed by atoms with Gasteiger partial charge >= 0.3 is 12.1 Å². The molecule has 0 heterocycles. The molecule has 0 aliphatic carbocycles. The van der Waals surface area contributed by atoms with E-state index in [1.54, 1.807) is 0 Å². The molecule has 0 saturated heterocycles. The second kappa shape index (κ2) is 5.15. The van der Waals surface area contributed by atoms with Gasteiger partial charge in [0.15, 0.2) is 0 Å². The first-order valence-corrected chi connectivity index (χ1v) is 4.65. The Hall–Kier alpha value is -0.830. The highest BCUT2D eigenvalue weighted by atomic mass is 32.2. The predicted molar refractivity (Wildman–Crippen MR) is 40.4 cm³/mol. The van der Waals surface area contributed by atoms with Crippen LogP contribution in [0.3, 0.4) is 0 Å². The van der Waals surface area contributed by atoms with Crippen molar-refractivity contribution in [1.29, 1.82) is 0 Å². The molecule has 0 radical (unpaired) electrons. The van der Waals surface area contributed by atoms with Crippen molar-refractivity contribution in [2.45, 2.75) is 25.3 Å². The maximum absolute atomic E-state index is 10.6. The molecule has 86 valence electrons.